The van der Waals surface area contributed by atoms with E-state index in [0.29, 0.717) is 5.92 Å². The molecule has 10 heavy (non-hydrogen) atoms. The predicted molar refractivity (Wildman–Crippen MR) is 46.7 cm³/mol. The Morgan fingerprint density at radius 1 is 1.40 bits per heavy atom. The Bertz CT molecular complexity index is 84.7. The van der Waals surface area contributed by atoms with Gasteiger partial charge >= 0.3 is 0 Å². The molecule has 0 saturated heterocycles. The van der Waals surface area contributed by atoms with Crippen molar-refractivity contribution in [2.75, 3.05) is 6.54 Å². The fraction of sp³-hybridized carbons (Fsp3) is 0.889. The number of aliphatic imine (C=N–C) groups is 1. The van der Waals surface area contributed by atoms with Crippen LogP contribution >= 0.6 is 0 Å². The van der Waals surface area contributed by atoms with E-state index in [1.165, 1.54) is 12.8 Å². The van der Waals surface area contributed by atoms with Crippen LogP contribution in [-0.4, -0.2) is 12.8 Å². The van der Waals surface area contributed by atoms with Crippen LogP contribution in [0.15, 0.2) is 4.99 Å². The lowest BCUT2D eigenvalue weighted by Gasteiger charge is -1.95. The summed E-state index contributed by atoms with van der Waals surface area (Å²) in [7, 11) is 0. The van der Waals surface area contributed by atoms with Gasteiger partial charge in [0.25, 0.3) is 0 Å². The van der Waals surface area contributed by atoms with Crippen molar-refractivity contribution >= 4 is 6.21 Å². The largest absolute Gasteiger partial charge is 0.288 e. The highest BCUT2D eigenvalue weighted by atomic mass is 14.7. The van der Waals surface area contributed by atoms with E-state index in [9.17, 15) is 0 Å². The van der Waals surface area contributed by atoms with Gasteiger partial charge in [-0.15, -0.1) is 0 Å². The zero-order valence-corrected chi connectivity index (χ0v) is 7.35. The van der Waals surface area contributed by atoms with E-state index in [1.54, 1.807) is 0 Å². The van der Waals surface area contributed by atoms with E-state index in [-0.39, 0.29) is 0 Å². The zero-order valence-electron chi connectivity index (χ0n) is 7.35. The number of rotatable bonds is 5. The SMILES string of the molecule is CCCC/[C]=N\CC(C)C. The van der Waals surface area contributed by atoms with Gasteiger partial charge in [0, 0.05) is 6.54 Å². The minimum Gasteiger partial charge on any atom is -0.288 e. The minimum absolute atomic E-state index is 0.675. The molecule has 0 N–H and O–H groups in total. The molecule has 0 aliphatic carbocycles. The molecule has 0 aromatic carbocycles. The van der Waals surface area contributed by atoms with Crippen molar-refractivity contribution in [1.29, 1.82) is 0 Å². The number of nitrogens with zero attached hydrogens (tertiary/aromatic N) is 1. The lowest BCUT2D eigenvalue weighted by molar-refractivity contribution is 0.665. The molecule has 1 radical (unpaired) electrons. The fourth-order valence-corrected chi connectivity index (χ4v) is 0.582. The molecule has 1 nitrogen and oxygen atoms in total. The van der Waals surface area contributed by atoms with Crippen molar-refractivity contribution in [2.45, 2.75) is 40.0 Å². The summed E-state index contributed by atoms with van der Waals surface area (Å²) in [6.07, 6.45) is 6.54. The van der Waals surface area contributed by atoms with Crippen LogP contribution in [-0.2, 0) is 0 Å². The van der Waals surface area contributed by atoms with Crippen molar-refractivity contribution in [3.63, 3.8) is 0 Å². The summed E-state index contributed by atoms with van der Waals surface area (Å²) in [4.78, 5) is 4.16. The van der Waals surface area contributed by atoms with E-state index in [0.717, 1.165) is 13.0 Å². The summed E-state index contributed by atoms with van der Waals surface area (Å²) in [5, 5.41) is 0. The first-order valence-electron chi connectivity index (χ1n) is 4.16. The van der Waals surface area contributed by atoms with Crippen LogP contribution in [0.25, 0.3) is 0 Å². The molecule has 0 amide bonds. The molecule has 0 saturated carbocycles. The molecule has 0 atom stereocenters. The van der Waals surface area contributed by atoms with Crippen molar-refractivity contribution in [1.82, 2.24) is 0 Å². The molecule has 0 aromatic rings. The maximum absolute atomic E-state index is 4.16. The van der Waals surface area contributed by atoms with E-state index in [4.69, 9.17) is 0 Å². The lowest BCUT2D eigenvalue weighted by atomic mass is 10.2. The Morgan fingerprint density at radius 2 is 2.10 bits per heavy atom. The van der Waals surface area contributed by atoms with Crippen LogP contribution in [0.4, 0.5) is 0 Å². The molecular formula is C9H18N. The van der Waals surface area contributed by atoms with Crippen LogP contribution in [0.1, 0.15) is 40.0 Å². The van der Waals surface area contributed by atoms with Gasteiger partial charge in [0.2, 0.25) is 0 Å². The Morgan fingerprint density at radius 3 is 2.60 bits per heavy atom. The second kappa shape index (κ2) is 6.79. The van der Waals surface area contributed by atoms with Gasteiger partial charge in [-0.1, -0.05) is 27.2 Å². The standard InChI is InChI=1S/C9H18N/c1-4-5-6-7-10-8-9(2)3/h9H,4-6,8H2,1-3H3. The van der Waals surface area contributed by atoms with Crippen LogP contribution in [0.5, 0.6) is 0 Å². The van der Waals surface area contributed by atoms with Crippen molar-refractivity contribution in [3.8, 4) is 0 Å². The Hall–Kier alpha value is -0.330. The molecule has 0 spiro atoms. The minimum atomic E-state index is 0.675. The van der Waals surface area contributed by atoms with Crippen LogP contribution in [0.3, 0.4) is 0 Å². The zero-order chi connectivity index (χ0) is 7.82. The fourth-order valence-electron chi connectivity index (χ4n) is 0.582. The average molecular weight is 140 g/mol. The molecule has 59 valence electrons. The molecule has 0 aliphatic heterocycles. The first kappa shape index (κ1) is 9.67. The monoisotopic (exact) mass is 140 g/mol. The summed E-state index contributed by atoms with van der Waals surface area (Å²) in [6, 6.07) is 0. The summed E-state index contributed by atoms with van der Waals surface area (Å²) in [6.45, 7) is 7.46. The average Bonchev–Trinajstić information content (AvgIpc) is 1.87. The molecule has 0 bridgehead atoms. The van der Waals surface area contributed by atoms with Gasteiger partial charge in [-0.2, -0.15) is 0 Å². The van der Waals surface area contributed by atoms with Crippen LogP contribution in [0, 0.1) is 5.92 Å². The van der Waals surface area contributed by atoms with E-state index < -0.39 is 0 Å². The lowest BCUT2D eigenvalue weighted by Crippen LogP contribution is -1.91. The van der Waals surface area contributed by atoms with Crippen LogP contribution < -0.4 is 0 Å². The third-order valence-electron chi connectivity index (χ3n) is 1.21. The number of hydrogen-bond donors (Lipinski definition) is 0. The number of unbranched alkanes of at least 4 members (excludes halogenated alkanes) is 2. The summed E-state index contributed by atoms with van der Waals surface area (Å²) in [5.41, 5.74) is 0. The third-order valence-corrected chi connectivity index (χ3v) is 1.21. The highest BCUT2D eigenvalue weighted by Crippen LogP contribution is 1.93. The van der Waals surface area contributed by atoms with Crippen molar-refractivity contribution in [3.05, 3.63) is 0 Å². The number of hydrogen-bond acceptors (Lipinski definition) is 1. The maximum atomic E-state index is 4.16. The Balaban J connectivity index is 3.04. The predicted octanol–water partition coefficient (Wildman–Crippen LogP) is 2.78. The van der Waals surface area contributed by atoms with E-state index in [2.05, 4.69) is 32.0 Å². The van der Waals surface area contributed by atoms with Gasteiger partial charge in [-0.3, -0.25) is 4.99 Å². The summed E-state index contributed by atoms with van der Waals surface area (Å²) < 4.78 is 0. The summed E-state index contributed by atoms with van der Waals surface area (Å²) >= 11 is 0. The first-order valence-corrected chi connectivity index (χ1v) is 4.16. The molecule has 0 unspecified atom stereocenters. The second-order valence-corrected chi connectivity index (χ2v) is 3.00. The topological polar surface area (TPSA) is 12.4 Å². The van der Waals surface area contributed by atoms with E-state index in [1.807, 2.05) is 0 Å². The third kappa shape index (κ3) is 7.67. The van der Waals surface area contributed by atoms with Gasteiger partial charge < -0.3 is 0 Å². The van der Waals surface area contributed by atoms with Crippen LogP contribution in [0.2, 0.25) is 0 Å². The van der Waals surface area contributed by atoms with Crippen molar-refractivity contribution < 1.29 is 0 Å². The molecule has 0 aromatic heterocycles. The molecular weight excluding hydrogens is 122 g/mol. The van der Waals surface area contributed by atoms with Gasteiger partial charge in [-0.05, 0) is 18.8 Å². The Kier molecular flexibility index (Phi) is 6.56. The van der Waals surface area contributed by atoms with E-state index >= 15 is 0 Å². The van der Waals surface area contributed by atoms with Gasteiger partial charge in [0.1, 0.15) is 0 Å². The molecule has 0 rings (SSSR count). The smallest absolute Gasteiger partial charge is 0.0558 e. The highest BCUT2D eigenvalue weighted by molar-refractivity contribution is 5.56. The first-order chi connectivity index (χ1) is 4.77. The molecule has 0 aliphatic rings. The maximum Gasteiger partial charge on any atom is 0.0558 e. The van der Waals surface area contributed by atoms with Crippen molar-refractivity contribution in [2.24, 2.45) is 10.9 Å². The van der Waals surface area contributed by atoms with Gasteiger partial charge in [-0.25, -0.2) is 0 Å². The molecule has 1 heteroatoms. The highest BCUT2D eigenvalue weighted by Gasteiger charge is 1.87. The van der Waals surface area contributed by atoms with Gasteiger partial charge in [0.05, 0.1) is 6.21 Å². The molecule has 0 fully saturated rings. The summed E-state index contributed by atoms with van der Waals surface area (Å²) in [5.74, 6) is 0.675. The second-order valence-electron chi connectivity index (χ2n) is 3.00. The van der Waals surface area contributed by atoms with Gasteiger partial charge in [0.15, 0.2) is 0 Å². The molecule has 0 heterocycles. The normalized spacial score (nSPS) is 11.6. The Labute approximate surface area is 64.6 Å². The quantitative estimate of drug-likeness (QED) is 0.411.